The Morgan fingerprint density at radius 2 is 1.49 bits per heavy atom. The predicted molar refractivity (Wildman–Crippen MR) is 122 cm³/mol. The molecule has 3 aromatic rings. The van der Waals surface area contributed by atoms with Gasteiger partial charge in [0.2, 0.25) is 0 Å². The third kappa shape index (κ3) is 5.65. The highest BCUT2D eigenvalue weighted by Gasteiger charge is 2.38. The molecule has 0 radical (unpaired) electrons. The first-order valence-corrected chi connectivity index (χ1v) is 11.8. The molecule has 2 atom stereocenters. The quantitative estimate of drug-likeness (QED) is 0.225. The molecule has 1 aliphatic carbocycles. The maximum absolute atomic E-state index is 14.7. The minimum absolute atomic E-state index is 0.274. The number of hydrogen-bond donors (Lipinski definition) is 0. The molecular formula is C28H26F6O. The normalized spacial score (nSPS) is 18.1. The van der Waals surface area contributed by atoms with Crippen molar-refractivity contribution >= 4 is 0 Å². The smallest absolute Gasteiger partial charge is 0.429 e. The van der Waals surface area contributed by atoms with Gasteiger partial charge < -0.3 is 4.74 Å². The largest absolute Gasteiger partial charge is 0.429 e. The summed E-state index contributed by atoms with van der Waals surface area (Å²) in [4.78, 5) is 0. The number of ether oxygens (including phenoxy) is 1. The van der Waals surface area contributed by atoms with E-state index in [0.717, 1.165) is 24.5 Å². The first-order valence-electron chi connectivity index (χ1n) is 11.8. The van der Waals surface area contributed by atoms with Crippen molar-refractivity contribution in [3.63, 3.8) is 0 Å². The summed E-state index contributed by atoms with van der Waals surface area (Å²) < 4.78 is 87.7. The van der Waals surface area contributed by atoms with Crippen molar-refractivity contribution in [1.29, 1.82) is 0 Å². The van der Waals surface area contributed by atoms with Crippen molar-refractivity contribution in [2.24, 2.45) is 5.92 Å². The zero-order valence-corrected chi connectivity index (χ0v) is 19.3. The lowest BCUT2D eigenvalue weighted by Gasteiger charge is -2.19. The highest BCUT2D eigenvalue weighted by Crippen LogP contribution is 2.41. The summed E-state index contributed by atoms with van der Waals surface area (Å²) >= 11 is 0. The van der Waals surface area contributed by atoms with E-state index in [0.29, 0.717) is 17.0 Å². The van der Waals surface area contributed by atoms with E-state index in [1.54, 1.807) is 0 Å². The second kappa shape index (κ2) is 10.3. The van der Waals surface area contributed by atoms with Gasteiger partial charge >= 0.3 is 6.11 Å². The van der Waals surface area contributed by atoms with Gasteiger partial charge in [0, 0.05) is 12.1 Å². The van der Waals surface area contributed by atoms with Crippen LogP contribution in [0, 0.1) is 29.2 Å². The summed E-state index contributed by atoms with van der Waals surface area (Å²) in [7, 11) is 0. The standard InChI is InChI=1S/C28H26F6O/c1-2-3-4-17-5-6-20(13-17)18-7-9-19(10-8-18)21-11-12-23(24(29)14-21)28(33,34)35-22-15-25(30)27(32)26(31)16-22/h7-12,14-17,20H,2-6,13H2,1H3. The number of halogens is 6. The van der Waals surface area contributed by atoms with Gasteiger partial charge in [-0.2, -0.15) is 8.78 Å². The molecule has 0 aliphatic heterocycles. The minimum atomic E-state index is -4.24. The average molecular weight is 493 g/mol. The molecule has 0 aromatic heterocycles. The van der Waals surface area contributed by atoms with E-state index >= 15 is 0 Å². The van der Waals surface area contributed by atoms with Gasteiger partial charge in [0.05, 0.1) is 5.56 Å². The lowest BCUT2D eigenvalue weighted by molar-refractivity contribution is -0.187. The molecule has 0 bridgehead atoms. The number of rotatable bonds is 8. The molecule has 0 amide bonds. The lowest BCUT2D eigenvalue weighted by atomic mass is 9.93. The van der Waals surface area contributed by atoms with Gasteiger partial charge in [0.25, 0.3) is 0 Å². The van der Waals surface area contributed by atoms with Crippen LogP contribution in [-0.4, -0.2) is 0 Å². The predicted octanol–water partition coefficient (Wildman–Crippen LogP) is 9.11. The summed E-state index contributed by atoms with van der Waals surface area (Å²) in [5, 5.41) is 0. The third-order valence-corrected chi connectivity index (χ3v) is 6.71. The van der Waals surface area contributed by atoms with E-state index in [-0.39, 0.29) is 12.1 Å². The van der Waals surface area contributed by atoms with E-state index in [2.05, 4.69) is 11.7 Å². The average Bonchev–Trinajstić information content (AvgIpc) is 3.30. The zero-order chi connectivity index (χ0) is 25.2. The van der Waals surface area contributed by atoms with E-state index in [4.69, 9.17) is 0 Å². The fraction of sp³-hybridized carbons (Fsp3) is 0.357. The second-order valence-corrected chi connectivity index (χ2v) is 9.15. The van der Waals surface area contributed by atoms with Crippen molar-refractivity contribution in [1.82, 2.24) is 0 Å². The molecule has 186 valence electrons. The van der Waals surface area contributed by atoms with E-state index < -0.39 is 40.7 Å². The molecule has 1 nitrogen and oxygen atoms in total. The van der Waals surface area contributed by atoms with E-state index in [9.17, 15) is 26.3 Å². The van der Waals surface area contributed by atoms with Crippen molar-refractivity contribution in [2.45, 2.75) is 57.5 Å². The third-order valence-electron chi connectivity index (χ3n) is 6.71. The minimum Gasteiger partial charge on any atom is -0.429 e. The van der Waals surface area contributed by atoms with Crippen molar-refractivity contribution in [3.8, 4) is 16.9 Å². The van der Waals surface area contributed by atoms with Gasteiger partial charge in [-0.15, -0.1) is 0 Å². The van der Waals surface area contributed by atoms with Crippen LogP contribution in [0.25, 0.3) is 11.1 Å². The molecule has 0 N–H and O–H groups in total. The first kappa shape index (κ1) is 25.1. The summed E-state index contributed by atoms with van der Waals surface area (Å²) in [6.07, 6.45) is 3.02. The molecular weight excluding hydrogens is 466 g/mol. The molecule has 4 rings (SSSR count). The summed E-state index contributed by atoms with van der Waals surface area (Å²) in [5.41, 5.74) is 1.20. The summed E-state index contributed by atoms with van der Waals surface area (Å²) in [6.45, 7) is 2.20. The van der Waals surface area contributed by atoms with E-state index in [1.807, 2.05) is 24.3 Å². The Morgan fingerprint density at radius 3 is 2.11 bits per heavy atom. The topological polar surface area (TPSA) is 9.23 Å². The highest BCUT2D eigenvalue weighted by atomic mass is 19.3. The Labute approximate surface area is 200 Å². The summed E-state index contributed by atoms with van der Waals surface area (Å²) in [5.74, 6) is -6.14. The Balaban J connectivity index is 1.48. The molecule has 1 aliphatic rings. The van der Waals surface area contributed by atoms with Crippen LogP contribution in [0.4, 0.5) is 26.3 Å². The van der Waals surface area contributed by atoms with Crippen LogP contribution in [0.5, 0.6) is 5.75 Å². The highest BCUT2D eigenvalue weighted by molar-refractivity contribution is 5.64. The van der Waals surface area contributed by atoms with Crippen LogP contribution in [0.1, 0.15) is 62.5 Å². The van der Waals surface area contributed by atoms with Gasteiger partial charge in [-0.3, -0.25) is 0 Å². The zero-order valence-electron chi connectivity index (χ0n) is 19.3. The Morgan fingerprint density at radius 1 is 0.829 bits per heavy atom. The number of alkyl halides is 2. The molecule has 0 saturated heterocycles. The molecule has 35 heavy (non-hydrogen) atoms. The van der Waals surface area contributed by atoms with Gasteiger partial charge in [-0.05, 0) is 59.9 Å². The molecule has 2 unspecified atom stereocenters. The second-order valence-electron chi connectivity index (χ2n) is 9.15. The molecule has 0 heterocycles. The van der Waals surface area contributed by atoms with Crippen LogP contribution in [0.3, 0.4) is 0 Å². The van der Waals surface area contributed by atoms with Gasteiger partial charge in [-0.25, -0.2) is 17.6 Å². The van der Waals surface area contributed by atoms with E-state index in [1.165, 1.54) is 43.7 Å². The fourth-order valence-corrected chi connectivity index (χ4v) is 4.81. The monoisotopic (exact) mass is 492 g/mol. The maximum atomic E-state index is 14.7. The maximum Gasteiger partial charge on any atom is 0.429 e. The Bertz CT molecular complexity index is 1150. The first-order chi connectivity index (χ1) is 16.7. The van der Waals surface area contributed by atoms with Crippen molar-refractivity contribution in [2.75, 3.05) is 0 Å². The van der Waals surface area contributed by atoms with Gasteiger partial charge in [-0.1, -0.05) is 56.5 Å². The van der Waals surface area contributed by atoms with Crippen LogP contribution >= 0.6 is 0 Å². The summed E-state index contributed by atoms with van der Waals surface area (Å²) in [6, 6.07) is 11.4. The fourth-order valence-electron chi connectivity index (χ4n) is 4.81. The van der Waals surface area contributed by atoms with Gasteiger partial charge in [0.1, 0.15) is 11.6 Å². The Hall–Kier alpha value is -2.96. The van der Waals surface area contributed by atoms with Crippen LogP contribution in [-0.2, 0) is 6.11 Å². The van der Waals surface area contributed by atoms with Crippen LogP contribution in [0.15, 0.2) is 54.6 Å². The molecule has 1 fully saturated rings. The lowest BCUT2D eigenvalue weighted by Crippen LogP contribution is -2.23. The van der Waals surface area contributed by atoms with Crippen molar-refractivity contribution in [3.05, 3.63) is 89.0 Å². The van der Waals surface area contributed by atoms with Crippen LogP contribution in [0.2, 0.25) is 0 Å². The molecule has 7 heteroatoms. The SMILES string of the molecule is CCCCC1CCC(c2ccc(-c3ccc(C(F)(F)Oc4cc(F)c(F)c(F)c4)c(F)c3)cc2)C1. The van der Waals surface area contributed by atoms with Gasteiger partial charge in [0.15, 0.2) is 17.5 Å². The van der Waals surface area contributed by atoms with Crippen molar-refractivity contribution < 1.29 is 31.1 Å². The molecule has 3 aromatic carbocycles. The number of hydrogen-bond acceptors (Lipinski definition) is 1. The number of benzene rings is 3. The molecule has 1 saturated carbocycles. The molecule has 0 spiro atoms. The number of unbranched alkanes of at least 4 members (excludes halogenated alkanes) is 1. The van der Waals surface area contributed by atoms with Crippen LogP contribution < -0.4 is 4.74 Å². The Kier molecular flexibility index (Phi) is 7.43.